The van der Waals surface area contributed by atoms with Gasteiger partial charge >= 0.3 is 0 Å². The van der Waals surface area contributed by atoms with E-state index >= 15 is 0 Å². The van der Waals surface area contributed by atoms with Gasteiger partial charge in [-0.15, -0.1) is 17.8 Å². The number of rotatable bonds is 3. The molecule has 1 saturated carbocycles. The molecule has 3 aromatic heterocycles. The van der Waals surface area contributed by atoms with Gasteiger partial charge in [0.1, 0.15) is 5.82 Å². The predicted molar refractivity (Wildman–Crippen MR) is 99.2 cm³/mol. The highest BCUT2D eigenvalue weighted by Gasteiger charge is 2.20. The number of pyridine rings is 1. The van der Waals surface area contributed by atoms with Crippen LogP contribution in [0.1, 0.15) is 36.1 Å². The fourth-order valence-electron chi connectivity index (χ4n) is 3.22. The van der Waals surface area contributed by atoms with Crippen LogP contribution in [0.2, 0.25) is 0 Å². The molecule has 1 aliphatic rings. The van der Waals surface area contributed by atoms with Gasteiger partial charge < -0.3 is 5.32 Å². The number of nitrogens with one attached hydrogen (secondary N) is 1. The molecule has 0 bridgehead atoms. The summed E-state index contributed by atoms with van der Waals surface area (Å²) in [5.74, 6) is 4.41. The first-order chi connectivity index (χ1) is 11.8. The van der Waals surface area contributed by atoms with Gasteiger partial charge in [0.15, 0.2) is 5.82 Å². The third-order valence-corrected chi connectivity index (χ3v) is 5.75. The van der Waals surface area contributed by atoms with E-state index in [1.165, 1.54) is 25.7 Å². The summed E-state index contributed by atoms with van der Waals surface area (Å²) in [6.45, 7) is 2.04. The summed E-state index contributed by atoms with van der Waals surface area (Å²) in [6, 6.07) is 4.36. The minimum absolute atomic E-state index is 0.491. The van der Waals surface area contributed by atoms with E-state index in [1.807, 2.05) is 19.1 Å². The summed E-state index contributed by atoms with van der Waals surface area (Å²) in [4.78, 5) is 14.6. The van der Waals surface area contributed by atoms with Crippen molar-refractivity contribution in [2.45, 2.75) is 38.6 Å². The molecule has 3 aromatic rings. The van der Waals surface area contributed by atoms with Crippen molar-refractivity contribution in [2.75, 3.05) is 5.32 Å². The van der Waals surface area contributed by atoms with E-state index in [4.69, 9.17) is 16.4 Å². The van der Waals surface area contributed by atoms with Gasteiger partial charge in [-0.25, -0.2) is 9.97 Å². The minimum Gasteiger partial charge on any atom is -0.366 e. The largest absolute Gasteiger partial charge is 0.366 e. The maximum absolute atomic E-state index is 5.66. The second-order valence-corrected chi connectivity index (χ2v) is 7.16. The van der Waals surface area contributed by atoms with Crippen molar-refractivity contribution in [3.05, 3.63) is 35.0 Å². The zero-order chi connectivity index (χ0) is 16.5. The Balaban J connectivity index is 1.89. The van der Waals surface area contributed by atoms with E-state index in [-0.39, 0.29) is 0 Å². The normalized spacial score (nSPS) is 14.8. The predicted octanol–water partition coefficient (Wildman–Crippen LogP) is 4.40. The highest BCUT2D eigenvalue weighted by atomic mass is 32.1. The van der Waals surface area contributed by atoms with E-state index < -0.39 is 0 Å². The van der Waals surface area contributed by atoms with E-state index in [0.717, 1.165) is 37.9 Å². The van der Waals surface area contributed by atoms with Crippen molar-refractivity contribution in [2.24, 2.45) is 0 Å². The smallest absolute Gasteiger partial charge is 0.162 e. The van der Waals surface area contributed by atoms with Gasteiger partial charge in [0.2, 0.25) is 0 Å². The lowest BCUT2D eigenvalue weighted by molar-refractivity contribution is 0.752. The Kier molecular flexibility index (Phi) is 3.91. The molecule has 3 heterocycles. The van der Waals surface area contributed by atoms with E-state index in [9.17, 15) is 0 Å². The molecule has 24 heavy (non-hydrogen) atoms. The molecule has 1 N–H and O–H groups in total. The lowest BCUT2D eigenvalue weighted by atomic mass is 10.2. The number of thiophene rings is 1. The molecule has 0 aromatic carbocycles. The summed E-state index contributed by atoms with van der Waals surface area (Å²) in [7, 11) is 0. The molecule has 0 saturated heterocycles. The van der Waals surface area contributed by atoms with Gasteiger partial charge in [-0.05, 0) is 31.9 Å². The molecular weight excluding hydrogens is 316 g/mol. The van der Waals surface area contributed by atoms with E-state index in [2.05, 4.69) is 16.2 Å². The number of anilines is 1. The zero-order valence-electron chi connectivity index (χ0n) is 13.5. The van der Waals surface area contributed by atoms with Gasteiger partial charge in [-0.1, -0.05) is 18.8 Å². The molecule has 0 aliphatic heterocycles. The number of aromatic nitrogens is 3. The van der Waals surface area contributed by atoms with Crippen molar-refractivity contribution >= 4 is 27.4 Å². The first-order valence-corrected chi connectivity index (χ1v) is 9.02. The topological polar surface area (TPSA) is 50.7 Å². The average Bonchev–Trinajstić information content (AvgIpc) is 3.24. The molecule has 0 amide bonds. The van der Waals surface area contributed by atoms with Crippen molar-refractivity contribution in [3.8, 4) is 23.7 Å². The Morgan fingerprint density at radius 3 is 2.67 bits per heavy atom. The average molecular weight is 334 g/mol. The van der Waals surface area contributed by atoms with Crippen molar-refractivity contribution < 1.29 is 0 Å². The molecule has 0 atom stereocenters. The molecule has 0 spiro atoms. The summed E-state index contributed by atoms with van der Waals surface area (Å²) in [5, 5.41) is 3.63. The zero-order valence-corrected chi connectivity index (χ0v) is 14.4. The van der Waals surface area contributed by atoms with E-state index in [0.29, 0.717) is 6.04 Å². The summed E-state index contributed by atoms with van der Waals surface area (Å²) < 4.78 is 1.06. The standard InChI is InChI=1S/C19H18N4S/c1-3-15-12(2)16-17(24-15)19(21-14-6-4-5-7-14)23-18(22-16)13-8-10-20-11-9-13/h1,8-11,14H,4-7H2,2H3,(H,21,22,23). The molecule has 4 rings (SSSR count). The van der Waals surface area contributed by atoms with Crippen LogP contribution in [0.25, 0.3) is 21.6 Å². The second kappa shape index (κ2) is 6.21. The van der Waals surface area contributed by atoms with Gasteiger partial charge in [-0.3, -0.25) is 4.98 Å². The molecule has 120 valence electrons. The fourth-order valence-corrected chi connectivity index (χ4v) is 4.23. The highest BCUT2D eigenvalue weighted by Crippen LogP contribution is 2.36. The molecule has 0 radical (unpaired) electrons. The summed E-state index contributed by atoms with van der Waals surface area (Å²) in [6.07, 6.45) is 14.1. The fraction of sp³-hybridized carbons (Fsp3) is 0.316. The van der Waals surface area contributed by atoms with Crippen LogP contribution in [0.5, 0.6) is 0 Å². The summed E-state index contributed by atoms with van der Waals surface area (Å²) in [5.41, 5.74) is 2.98. The number of aryl methyl sites for hydroxylation is 1. The third kappa shape index (κ3) is 2.63. The molecule has 5 heteroatoms. The first kappa shape index (κ1) is 15.1. The van der Waals surface area contributed by atoms with Crippen molar-refractivity contribution in [3.63, 3.8) is 0 Å². The van der Waals surface area contributed by atoms with Gasteiger partial charge in [-0.2, -0.15) is 0 Å². The molecular formula is C19H18N4S. The molecule has 4 nitrogen and oxygen atoms in total. The van der Waals surface area contributed by atoms with Crippen molar-refractivity contribution in [1.82, 2.24) is 15.0 Å². The van der Waals surface area contributed by atoms with Gasteiger partial charge in [0.25, 0.3) is 0 Å². The van der Waals surface area contributed by atoms with Crippen LogP contribution in [-0.4, -0.2) is 21.0 Å². The molecule has 1 aliphatic carbocycles. The van der Waals surface area contributed by atoms with Crippen LogP contribution in [0.4, 0.5) is 5.82 Å². The van der Waals surface area contributed by atoms with E-state index in [1.54, 1.807) is 23.7 Å². The van der Waals surface area contributed by atoms with Crippen LogP contribution >= 0.6 is 11.3 Å². The maximum atomic E-state index is 5.66. The number of nitrogens with zero attached hydrogens (tertiary/aromatic N) is 3. The van der Waals surface area contributed by atoms with Crippen LogP contribution in [0, 0.1) is 19.3 Å². The van der Waals surface area contributed by atoms with Crippen LogP contribution in [-0.2, 0) is 0 Å². The first-order valence-electron chi connectivity index (χ1n) is 8.21. The molecule has 0 unspecified atom stereocenters. The number of terminal acetylenes is 1. The molecule has 1 fully saturated rings. The van der Waals surface area contributed by atoms with Gasteiger partial charge in [0, 0.05) is 29.6 Å². The van der Waals surface area contributed by atoms with Gasteiger partial charge in [0.05, 0.1) is 15.1 Å². The highest BCUT2D eigenvalue weighted by molar-refractivity contribution is 7.20. The Hall–Kier alpha value is -2.45. The van der Waals surface area contributed by atoms with Crippen LogP contribution in [0.3, 0.4) is 0 Å². The van der Waals surface area contributed by atoms with Crippen LogP contribution in [0.15, 0.2) is 24.5 Å². The Morgan fingerprint density at radius 2 is 1.96 bits per heavy atom. The van der Waals surface area contributed by atoms with Crippen molar-refractivity contribution in [1.29, 1.82) is 0 Å². The van der Waals surface area contributed by atoms with Crippen LogP contribution < -0.4 is 5.32 Å². The number of hydrogen-bond acceptors (Lipinski definition) is 5. The number of fused-ring (bicyclic) bond motifs is 1. The SMILES string of the molecule is C#Cc1sc2c(NC3CCCC3)nc(-c3ccncc3)nc2c1C. The summed E-state index contributed by atoms with van der Waals surface area (Å²) >= 11 is 1.60. The quantitative estimate of drug-likeness (QED) is 0.721. The second-order valence-electron chi connectivity index (χ2n) is 6.14. The maximum Gasteiger partial charge on any atom is 0.162 e. The third-order valence-electron chi connectivity index (χ3n) is 4.53. The number of hydrogen-bond donors (Lipinski definition) is 1. The Morgan fingerprint density at radius 1 is 1.21 bits per heavy atom. The Labute approximate surface area is 145 Å². The lowest BCUT2D eigenvalue weighted by Gasteiger charge is -2.14. The monoisotopic (exact) mass is 334 g/mol. The lowest BCUT2D eigenvalue weighted by Crippen LogP contribution is -2.16. The Bertz CT molecular complexity index is 918. The minimum atomic E-state index is 0.491.